The van der Waals surface area contributed by atoms with E-state index in [0.29, 0.717) is 11.3 Å². The third-order valence-electron chi connectivity index (χ3n) is 3.66. The first-order valence-corrected chi connectivity index (χ1v) is 7.32. The van der Waals surface area contributed by atoms with Crippen molar-refractivity contribution < 1.29 is 24.2 Å². The third kappa shape index (κ3) is 4.04. The molecule has 0 fully saturated rings. The molecule has 126 valence electrons. The Hall–Kier alpha value is -3.02. The largest absolute Gasteiger partial charge is 0.497 e. The van der Waals surface area contributed by atoms with Crippen molar-refractivity contribution in [1.82, 2.24) is 5.32 Å². The van der Waals surface area contributed by atoms with Gasteiger partial charge in [0.15, 0.2) is 5.54 Å². The molecule has 2 aromatic rings. The van der Waals surface area contributed by atoms with E-state index in [2.05, 4.69) is 5.32 Å². The van der Waals surface area contributed by atoms with Gasteiger partial charge in [0.2, 0.25) is 0 Å². The Balaban J connectivity index is 2.08. The molecule has 2 aromatic carbocycles. The number of carbonyl (C=O) groups excluding carboxylic acids is 1. The molecule has 24 heavy (non-hydrogen) atoms. The molecule has 0 saturated carbocycles. The van der Waals surface area contributed by atoms with Gasteiger partial charge in [-0.3, -0.25) is 0 Å². The van der Waals surface area contributed by atoms with Gasteiger partial charge in [0.1, 0.15) is 12.4 Å². The number of benzene rings is 2. The fourth-order valence-electron chi connectivity index (χ4n) is 2.14. The fraction of sp³-hybridized carbons (Fsp3) is 0.222. The van der Waals surface area contributed by atoms with Crippen LogP contribution in [0.2, 0.25) is 0 Å². The number of hydrogen-bond acceptors (Lipinski definition) is 4. The van der Waals surface area contributed by atoms with Gasteiger partial charge in [0.25, 0.3) is 0 Å². The molecule has 6 nitrogen and oxygen atoms in total. The second kappa shape index (κ2) is 7.50. The summed E-state index contributed by atoms with van der Waals surface area (Å²) in [5.74, 6) is -0.595. The highest BCUT2D eigenvalue weighted by molar-refractivity contribution is 5.85. The zero-order chi connectivity index (χ0) is 17.6. The van der Waals surface area contributed by atoms with Gasteiger partial charge in [-0.05, 0) is 30.2 Å². The van der Waals surface area contributed by atoms with Crippen molar-refractivity contribution >= 4 is 12.1 Å². The number of carbonyl (C=O) groups is 2. The van der Waals surface area contributed by atoms with Crippen LogP contribution in [0.1, 0.15) is 18.1 Å². The van der Waals surface area contributed by atoms with Crippen LogP contribution in [0.3, 0.4) is 0 Å². The quantitative estimate of drug-likeness (QED) is 0.851. The summed E-state index contributed by atoms with van der Waals surface area (Å²) in [7, 11) is 1.52. The topological polar surface area (TPSA) is 84.9 Å². The van der Waals surface area contributed by atoms with Crippen molar-refractivity contribution in [3.63, 3.8) is 0 Å². The lowest BCUT2D eigenvalue weighted by molar-refractivity contribution is -0.144. The number of carboxylic acids is 1. The van der Waals surface area contributed by atoms with Gasteiger partial charge in [0, 0.05) is 0 Å². The van der Waals surface area contributed by atoms with Crippen LogP contribution >= 0.6 is 0 Å². The van der Waals surface area contributed by atoms with Gasteiger partial charge in [0.05, 0.1) is 7.11 Å². The Morgan fingerprint density at radius 1 is 1.08 bits per heavy atom. The van der Waals surface area contributed by atoms with Crippen molar-refractivity contribution in [3.8, 4) is 5.75 Å². The van der Waals surface area contributed by atoms with Crippen molar-refractivity contribution in [3.05, 3.63) is 65.7 Å². The summed E-state index contributed by atoms with van der Waals surface area (Å²) >= 11 is 0. The Kier molecular flexibility index (Phi) is 5.42. The highest BCUT2D eigenvalue weighted by Gasteiger charge is 2.37. The number of nitrogens with one attached hydrogen (secondary N) is 1. The highest BCUT2D eigenvalue weighted by atomic mass is 16.5. The number of methoxy groups -OCH3 is 1. The molecule has 2 rings (SSSR count). The SMILES string of the molecule is COc1ccc(C(C)(NC(=O)OCc2ccccc2)C(=O)O)cc1. The van der Waals surface area contributed by atoms with Gasteiger partial charge < -0.3 is 19.9 Å². The first kappa shape index (κ1) is 17.3. The van der Waals surface area contributed by atoms with Crippen LogP contribution in [0, 0.1) is 0 Å². The fourth-order valence-corrected chi connectivity index (χ4v) is 2.14. The van der Waals surface area contributed by atoms with Gasteiger partial charge >= 0.3 is 12.1 Å². The molecule has 0 saturated heterocycles. The Bertz CT molecular complexity index is 699. The average Bonchev–Trinajstić information content (AvgIpc) is 2.60. The zero-order valence-electron chi connectivity index (χ0n) is 13.5. The summed E-state index contributed by atoms with van der Waals surface area (Å²) in [6.45, 7) is 1.46. The lowest BCUT2D eigenvalue weighted by Crippen LogP contribution is -2.49. The zero-order valence-corrected chi connectivity index (χ0v) is 13.5. The first-order chi connectivity index (χ1) is 11.5. The molecule has 0 spiro atoms. The van der Waals surface area contributed by atoms with E-state index in [-0.39, 0.29) is 6.61 Å². The van der Waals surface area contributed by atoms with Crippen LogP contribution in [0.15, 0.2) is 54.6 Å². The minimum atomic E-state index is -1.61. The third-order valence-corrected chi connectivity index (χ3v) is 3.66. The molecule has 0 heterocycles. The van der Waals surface area contributed by atoms with E-state index in [1.807, 2.05) is 30.3 Å². The Labute approximate surface area is 140 Å². The second-order valence-electron chi connectivity index (χ2n) is 5.35. The lowest BCUT2D eigenvalue weighted by Gasteiger charge is -2.26. The highest BCUT2D eigenvalue weighted by Crippen LogP contribution is 2.24. The standard InChI is InChI=1S/C18H19NO5/c1-18(16(20)21,14-8-10-15(23-2)11-9-14)19-17(22)24-12-13-6-4-3-5-7-13/h3-11H,12H2,1-2H3,(H,19,22)(H,20,21). The monoisotopic (exact) mass is 329 g/mol. The van der Waals surface area contributed by atoms with Crippen LogP contribution in [0.25, 0.3) is 0 Å². The number of hydrogen-bond donors (Lipinski definition) is 2. The summed E-state index contributed by atoms with van der Waals surface area (Å²) < 4.78 is 10.2. The summed E-state index contributed by atoms with van der Waals surface area (Å²) in [6.07, 6.45) is -0.806. The number of alkyl carbamates (subject to hydrolysis) is 1. The molecule has 0 aliphatic heterocycles. The smallest absolute Gasteiger partial charge is 0.408 e. The molecule has 1 atom stereocenters. The van der Waals surface area contributed by atoms with Crippen molar-refractivity contribution in [1.29, 1.82) is 0 Å². The Morgan fingerprint density at radius 3 is 2.25 bits per heavy atom. The van der Waals surface area contributed by atoms with E-state index in [1.165, 1.54) is 14.0 Å². The number of amides is 1. The van der Waals surface area contributed by atoms with Crippen LogP contribution in [0.5, 0.6) is 5.75 Å². The maximum absolute atomic E-state index is 12.0. The maximum atomic E-state index is 12.0. The van der Waals surface area contributed by atoms with E-state index in [1.54, 1.807) is 24.3 Å². The molecule has 0 aromatic heterocycles. The number of ether oxygens (including phenoxy) is 2. The lowest BCUT2D eigenvalue weighted by atomic mass is 9.92. The summed E-state index contributed by atoms with van der Waals surface area (Å²) in [5.41, 5.74) is -0.387. The van der Waals surface area contributed by atoms with Crippen molar-refractivity contribution in [2.24, 2.45) is 0 Å². The van der Waals surface area contributed by atoms with Crippen LogP contribution in [-0.2, 0) is 21.7 Å². The molecule has 6 heteroatoms. The minimum absolute atomic E-state index is 0.0605. The van der Waals surface area contributed by atoms with Gasteiger partial charge in [-0.15, -0.1) is 0 Å². The van der Waals surface area contributed by atoms with E-state index in [9.17, 15) is 14.7 Å². The predicted octanol–water partition coefficient (Wildman–Crippen LogP) is 2.92. The number of aliphatic carboxylic acids is 1. The molecule has 0 bridgehead atoms. The van der Waals surface area contributed by atoms with Crippen LogP contribution in [0.4, 0.5) is 4.79 Å². The van der Waals surface area contributed by atoms with E-state index >= 15 is 0 Å². The van der Waals surface area contributed by atoms with Crippen LogP contribution in [-0.4, -0.2) is 24.3 Å². The minimum Gasteiger partial charge on any atom is -0.497 e. The molecule has 1 unspecified atom stereocenters. The predicted molar refractivity (Wildman–Crippen MR) is 87.7 cm³/mol. The van der Waals surface area contributed by atoms with Crippen molar-refractivity contribution in [2.45, 2.75) is 19.1 Å². The normalized spacial score (nSPS) is 12.8. The van der Waals surface area contributed by atoms with Crippen molar-refractivity contribution in [2.75, 3.05) is 7.11 Å². The molecule has 1 amide bonds. The second-order valence-corrected chi connectivity index (χ2v) is 5.35. The average molecular weight is 329 g/mol. The summed E-state index contributed by atoms with van der Waals surface area (Å²) in [4.78, 5) is 23.7. The molecule has 0 radical (unpaired) electrons. The number of carboxylic acid groups (broad SMARTS) is 1. The molecule has 2 N–H and O–H groups in total. The van der Waals surface area contributed by atoms with Gasteiger partial charge in [-0.1, -0.05) is 42.5 Å². The van der Waals surface area contributed by atoms with Gasteiger partial charge in [-0.25, -0.2) is 9.59 Å². The molecular weight excluding hydrogens is 310 g/mol. The molecular formula is C18H19NO5. The number of rotatable bonds is 6. The molecule has 0 aliphatic carbocycles. The van der Waals surface area contributed by atoms with Gasteiger partial charge in [-0.2, -0.15) is 0 Å². The van der Waals surface area contributed by atoms with E-state index < -0.39 is 17.6 Å². The molecule has 0 aliphatic rings. The summed E-state index contributed by atoms with van der Waals surface area (Å²) in [6, 6.07) is 15.6. The maximum Gasteiger partial charge on any atom is 0.408 e. The summed E-state index contributed by atoms with van der Waals surface area (Å²) in [5, 5.41) is 12.0. The Morgan fingerprint density at radius 2 is 1.71 bits per heavy atom. The van der Waals surface area contributed by atoms with E-state index in [4.69, 9.17) is 9.47 Å². The first-order valence-electron chi connectivity index (χ1n) is 7.32. The van der Waals surface area contributed by atoms with Crippen LogP contribution < -0.4 is 10.1 Å². The van der Waals surface area contributed by atoms with E-state index in [0.717, 1.165) is 5.56 Å².